The minimum absolute atomic E-state index is 0.233. The maximum absolute atomic E-state index is 13.1. The number of carbonyl (C=O) groups excluding carboxylic acids is 2. The molecule has 3 aromatic rings. The van der Waals surface area contributed by atoms with Gasteiger partial charge in [-0.3, -0.25) is 4.79 Å². The molecule has 1 heterocycles. The number of carbonyl (C=O) groups is 2. The van der Waals surface area contributed by atoms with Gasteiger partial charge in [-0.2, -0.15) is 5.10 Å². The van der Waals surface area contributed by atoms with Crippen molar-refractivity contribution in [3.05, 3.63) is 95.6 Å². The zero-order chi connectivity index (χ0) is 21.6. The molecule has 0 saturated heterocycles. The number of anilines is 1. The number of ether oxygens (including phenoxy) is 1. The fourth-order valence-electron chi connectivity index (χ4n) is 3.29. The van der Waals surface area contributed by atoms with Gasteiger partial charge < -0.3 is 19.5 Å². The van der Waals surface area contributed by atoms with Crippen molar-refractivity contribution in [3.8, 4) is 5.75 Å². The van der Waals surface area contributed by atoms with E-state index in [1.165, 1.54) is 6.21 Å². The summed E-state index contributed by atoms with van der Waals surface area (Å²) in [5.41, 5.74) is 3.28. The van der Waals surface area contributed by atoms with E-state index in [1.54, 1.807) is 29.2 Å². The number of nitrogens with zero attached hydrogens (tertiary/aromatic N) is 3. The molecule has 0 radical (unpaired) electrons. The van der Waals surface area contributed by atoms with Gasteiger partial charge in [0.15, 0.2) is 5.71 Å². The Hall–Kier alpha value is -4.26. The molecular formula is C24H18N3O4-. The van der Waals surface area contributed by atoms with Crippen LogP contribution in [0.25, 0.3) is 0 Å². The third kappa shape index (κ3) is 4.51. The number of carboxylic acid groups (broad SMARTS) is 1. The van der Waals surface area contributed by atoms with Crippen LogP contribution in [0.4, 0.5) is 5.69 Å². The SMILES string of the molecule is O=C([O-])COc1ccccc1/C=N\N=C1/C(=O)N(Cc2ccccc2)c2ccccc21. The third-order valence-electron chi connectivity index (χ3n) is 4.70. The van der Waals surface area contributed by atoms with E-state index in [-0.39, 0.29) is 11.6 Å². The molecule has 31 heavy (non-hydrogen) atoms. The Kier molecular flexibility index (Phi) is 5.84. The lowest BCUT2D eigenvalue weighted by Crippen LogP contribution is -2.29. The molecule has 7 heteroatoms. The highest BCUT2D eigenvalue weighted by Gasteiger charge is 2.33. The van der Waals surface area contributed by atoms with Gasteiger partial charge in [0.05, 0.1) is 24.4 Å². The Morgan fingerprint density at radius 3 is 2.48 bits per heavy atom. The van der Waals surface area contributed by atoms with Gasteiger partial charge in [-0.05, 0) is 23.8 Å². The molecule has 0 aliphatic carbocycles. The van der Waals surface area contributed by atoms with E-state index in [0.717, 1.165) is 11.3 Å². The number of hydrogen-bond donors (Lipinski definition) is 0. The largest absolute Gasteiger partial charge is 0.546 e. The molecule has 7 nitrogen and oxygen atoms in total. The van der Waals surface area contributed by atoms with Gasteiger partial charge in [-0.15, -0.1) is 5.10 Å². The molecule has 3 aromatic carbocycles. The monoisotopic (exact) mass is 412 g/mol. The average molecular weight is 412 g/mol. The summed E-state index contributed by atoms with van der Waals surface area (Å²) in [4.78, 5) is 25.4. The van der Waals surface area contributed by atoms with Crippen molar-refractivity contribution < 1.29 is 19.4 Å². The second-order valence-electron chi connectivity index (χ2n) is 6.79. The smallest absolute Gasteiger partial charge is 0.279 e. The number of aliphatic carboxylic acids is 1. The van der Waals surface area contributed by atoms with Crippen LogP contribution in [0.2, 0.25) is 0 Å². The molecule has 1 aliphatic heterocycles. The number of hydrogen-bond acceptors (Lipinski definition) is 6. The highest BCUT2D eigenvalue weighted by atomic mass is 16.5. The van der Waals surface area contributed by atoms with Gasteiger partial charge in [0.2, 0.25) is 0 Å². The molecule has 0 bridgehead atoms. The van der Waals surface area contributed by atoms with Gasteiger partial charge in [-0.25, -0.2) is 0 Å². The van der Waals surface area contributed by atoms with Crippen molar-refractivity contribution in [1.82, 2.24) is 0 Å². The fraction of sp³-hybridized carbons (Fsp3) is 0.0833. The van der Waals surface area contributed by atoms with E-state index in [0.29, 0.717) is 23.4 Å². The summed E-state index contributed by atoms with van der Waals surface area (Å²) in [6.07, 6.45) is 1.42. The van der Waals surface area contributed by atoms with Crippen LogP contribution >= 0.6 is 0 Å². The summed E-state index contributed by atoms with van der Waals surface area (Å²) in [5.74, 6) is -1.22. The molecule has 0 N–H and O–H groups in total. The Bertz CT molecular complexity index is 1170. The quantitative estimate of drug-likeness (QED) is 0.439. The molecule has 154 valence electrons. The molecule has 0 atom stereocenters. The highest BCUT2D eigenvalue weighted by molar-refractivity contribution is 6.54. The predicted molar refractivity (Wildman–Crippen MR) is 115 cm³/mol. The molecule has 1 aliphatic rings. The van der Waals surface area contributed by atoms with Crippen molar-refractivity contribution in [1.29, 1.82) is 0 Å². The van der Waals surface area contributed by atoms with E-state index in [4.69, 9.17) is 4.74 Å². The zero-order valence-electron chi connectivity index (χ0n) is 16.5. The van der Waals surface area contributed by atoms with Crippen molar-refractivity contribution >= 4 is 29.5 Å². The van der Waals surface area contributed by atoms with Crippen LogP contribution in [0.1, 0.15) is 16.7 Å². The molecule has 0 spiro atoms. The molecular weight excluding hydrogens is 394 g/mol. The van der Waals surface area contributed by atoms with E-state index < -0.39 is 12.6 Å². The number of para-hydroxylation sites is 2. The van der Waals surface area contributed by atoms with Crippen LogP contribution in [0.3, 0.4) is 0 Å². The minimum atomic E-state index is -1.32. The van der Waals surface area contributed by atoms with E-state index in [2.05, 4.69) is 10.2 Å². The minimum Gasteiger partial charge on any atom is -0.546 e. The normalized spacial score (nSPS) is 14.3. The standard InChI is InChI=1S/C24H19N3O4/c28-22(29)16-31-21-13-7-4-10-18(21)14-25-26-23-19-11-5-6-12-20(19)27(24(23)30)15-17-8-2-1-3-9-17/h1-14H,15-16H2,(H,28,29)/p-1/b25-14-,26-23-. The lowest BCUT2D eigenvalue weighted by molar-refractivity contribution is -0.307. The second kappa shape index (κ2) is 9.04. The molecule has 0 fully saturated rings. The Morgan fingerprint density at radius 1 is 0.968 bits per heavy atom. The zero-order valence-corrected chi connectivity index (χ0v) is 16.5. The summed E-state index contributed by atoms with van der Waals surface area (Å²) in [6.45, 7) is -0.140. The van der Waals surface area contributed by atoms with Crippen molar-refractivity contribution in [2.24, 2.45) is 10.2 Å². The van der Waals surface area contributed by atoms with Gasteiger partial charge in [0, 0.05) is 11.1 Å². The molecule has 1 amide bonds. The number of carboxylic acids is 1. The first-order chi connectivity index (χ1) is 15.1. The van der Waals surface area contributed by atoms with E-state index in [9.17, 15) is 14.7 Å². The first-order valence-corrected chi connectivity index (χ1v) is 9.61. The number of amides is 1. The lowest BCUT2D eigenvalue weighted by atomic mass is 10.1. The van der Waals surface area contributed by atoms with E-state index >= 15 is 0 Å². The van der Waals surface area contributed by atoms with Crippen molar-refractivity contribution in [2.45, 2.75) is 6.54 Å². The van der Waals surface area contributed by atoms with Crippen LogP contribution in [0.5, 0.6) is 5.75 Å². The van der Waals surface area contributed by atoms with Gasteiger partial charge in [0.25, 0.3) is 5.91 Å². The van der Waals surface area contributed by atoms with Gasteiger partial charge in [0.1, 0.15) is 12.4 Å². The summed E-state index contributed by atoms with van der Waals surface area (Å²) in [6, 6.07) is 24.0. The van der Waals surface area contributed by atoms with Crippen molar-refractivity contribution in [2.75, 3.05) is 11.5 Å². The van der Waals surface area contributed by atoms with Crippen LogP contribution in [0, 0.1) is 0 Å². The maximum Gasteiger partial charge on any atom is 0.279 e. The number of benzene rings is 3. The Labute approximate surface area is 178 Å². The van der Waals surface area contributed by atoms with Crippen molar-refractivity contribution in [3.63, 3.8) is 0 Å². The average Bonchev–Trinajstić information content (AvgIpc) is 3.05. The van der Waals surface area contributed by atoms with Crippen LogP contribution in [-0.4, -0.2) is 30.4 Å². The van der Waals surface area contributed by atoms with Gasteiger partial charge >= 0.3 is 0 Å². The Balaban J connectivity index is 1.60. The number of fused-ring (bicyclic) bond motifs is 1. The third-order valence-corrected chi connectivity index (χ3v) is 4.70. The number of rotatable bonds is 7. The molecule has 4 rings (SSSR count). The van der Waals surface area contributed by atoms with Gasteiger partial charge in [-0.1, -0.05) is 60.7 Å². The fourth-order valence-corrected chi connectivity index (χ4v) is 3.29. The molecule has 0 saturated carbocycles. The lowest BCUT2D eigenvalue weighted by Gasteiger charge is -2.16. The second-order valence-corrected chi connectivity index (χ2v) is 6.79. The van der Waals surface area contributed by atoms with Crippen LogP contribution in [-0.2, 0) is 16.1 Å². The molecule has 0 unspecified atom stereocenters. The first kappa shape index (κ1) is 20.0. The van der Waals surface area contributed by atoms with Crippen LogP contribution < -0.4 is 14.7 Å². The Morgan fingerprint density at radius 2 is 1.68 bits per heavy atom. The topological polar surface area (TPSA) is 94.4 Å². The molecule has 0 aromatic heterocycles. The predicted octanol–water partition coefficient (Wildman–Crippen LogP) is 2.19. The first-order valence-electron chi connectivity index (χ1n) is 9.61. The van der Waals surface area contributed by atoms with E-state index in [1.807, 2.05) is 54.6 Å². The summed E-state index contributed by atoms with van der Waals surface area (Å²) in [5, 5.41) is 18.9. The maximum atomic E-state index is 13.1. The summed E-state index contributed by atoms with van der Waals surface area (Å²) >= 11 is 0. The summed E-state index contributed by atoms with van der Waals surface area (Å²) in [7, 11) is 0. The summed E-state index contributed by atoms with van der Waals surface area (Å²) < 4.78 is 5.20. The van der Waals surface area contributed by atoms with Crippen LogP contribution in [0.15, 0.2) is 89.1 Å². The highest BCUT2D eigenvalue weighted by Crippen LogP contribution is 2.30.